The molecule has 0 spiro atoms. The second-order valence-electron chi connectivity index (χ2n) is 7.31. The fourth-order valence-corrected chi connectivity index (χ4v) is 3.96. The topological polar surface area (TPSA) is 75.4 Å². The Morgan fingerprint density at radius 2 is 1.92 bits per heavy atom. The van der Waals surface area contributed by atoms with Crippen molar-refractivity contribution < 1.29 is 9.32 Å². The quantitative estimate of drug-likeness (QED) is 0.827. The lowest BCUT2D eigenvalue weighted by Gasteiger charge is -2.35. The second kappa shape index (κ2) is 7.05. The Bertz CT molecular complexity index is 797. The fraction of sp³-hybridized carbons (Fsp3) is 0.579. The molecule has 1 atom stereocenters. The van der Waals surface area contributed by atoms with Crippen molar-refractivity contribution in [2.24, 2.45) is 0 Å². The first-order valence-electron chi connectivity index (χ1n) is 9.43. The van der Waals surface area contributed by atoms with Crippen LogP contribution in [0, 0.1) is 13.8 Å². The zero-order valence-electron chi connectivity index (χ0n) is 15.4. The maximum absolute atomic E-state index is 12.8. The van der Waals surface area contributed by atoms with Crippen LogP contribution >= 0.6 is 0 Å². The number of aromatic nitrogens is 3. The van der Waals surface area contributed by atoms with Crippen LogP contribution in [0.15, 0.2) is 16.8 Å². The number of piperidine rings is 1. The van der Waals surface area contributed by atoms with Crippen LogP contribution in [-0.4, -0.2) is 57.1 Å². The van der Waals surface area contributed by atoms with Gasteiger partial charge >= 0.3 is 6.03 Å². The molecule has 26 heavy (non-hydrogen) atoms. The molecular weight excluding hydrogens is 330 g/mol. The van der Waals surface area contributed by atoms with E-state index < -0.39 is 0 Å². The summed E-state index contributed by atoms with van der Waals surface area (Å²) in [6.45, 7) is 7.09. The van der Waals surface area contributed by atoms with E-state index in [0.717, 1.165) is 68.1 Å². The minimum atomic E-state index is 0.176. The maximum Gasteiger partial charge on any atom is 0.320 e. The van der Waals surface area contributed by atoms with Gasteiger partial charge in [0, 0.05) is 44.4 Å². The van der Waals surface area contributed by atoms with E-state index in [-0.39, 0.29) is 11.9 Å². The molecule has 2 fully saturated rings. The highest BCUT2D eigenvalue weighted by Gasteiger charge is 2.31. The van der Waals surface area contributed by atoms with Gasteiger partial charge in [0.05, 0.1) is 17.0 Å². The predicted molar refractivity (Wildman–Crippen MR) is 96.8 cm³/mol. The molecule has 2 aliphatic rings. The van der Waals surface area contributed by atoms with Crippen molar-refractivity contribution in [3.05, 3.63) is 29.5 Å². The molecule has 0 bridgehead atoms. The smallest absolute Gasteiger partial charge is 0.320 e. The fourth-order valence-electron chi connectivity index (χ4n) is 3.96. The zero-order chi connectivity index (χ0) is 18.1. The minimum absolute atomic E-state index is 0.176. The number of urea groups is 1. The third kappa shape index (κ3) is 3.30. The van der Waals surface area contributed by atoms with E-state index >= 15 is 0 Å². The van der Waals surface area contributed by atoms with Crippen molar-refractivity contribution >= 4 is 6.03 Å². The number of carbonyl (C=O) groups is 1. The summed E-state index contributed by atoms with van der Waals surface area (Å²) in [7, 11) is 0. The number of carbonyl (C=O) groups excluding carboxylic acids is 1. The third-order valence-corrected chi connectivity index (χ3v) is 5.29. The number of hydrogen-bond acceptors (Lipinski definition) is 5. The molecule has 2 aromatic heterocycles. The molecule has 0 radical (unpaired) electrons. The Balaban J connectivity index is 1.60. The van der Waals surface area contributed by atoms with E-state index in [9.17, 15) is 4.79 Å². The molecule has 0 N–H and O–H groups in total. The van der Waals surface area contributed by atoms with Crippen molar-refractivity contribution in [2.45, 2.75) is 45.4 Å². The lowest BCUT2D eigenvalue weighted by Crippen LogP contribution is -2.46. The molecule has 2 amide bonds. The summed E-state index contributed by atoms with van der Waals surface area (Å²) in [5, 5.41) is 4.00. The predicted octanol–water partition coefficient (Wildman–Crippen LogP) is 3.14. The van der Waals surface area contributed by atoms with Gasteiger partial charge in [0.15, 0.2) is 5.76 Å². The molecule has 138 valence electrons. The summed E-state index contributed by atoms with van der Waals surface area (Å²) in [4.78, 5) is 25.8. The average Bonchev–Trinajstić information content (AvgIpc) is 3.33. The number of aryl methyl sites for hydroxylation is 2. The van der Waals surface area contributed by atoms with Crippen LogP contribution in [0.2, 0.25) is 0 Å². The van der Waals surface area contributed by atoms with Crippen molar-refractivity contribution in [1.82, 2.24) is 24.9 Å². The number of hydrogen-bond donors (Lipinski definition) is 0. The van der Waals surface area contributed by atoms with Gasteiger partial charge in [-0.1, -0.05) is 5.16 Å². The van der Waals surface area contributed by atoms with Crippen LogP contribution in [0.5, 0.6) is 0 Å². The number of rotatable bonds is 2. The van der Waals surface area contributed by atoms with Gasteiger partial charge in [-0.05, 0) is 39.5 Å². The zero-order valence-corrected chi connectivity index (χ0v) is 15.4. The Morgan fingerprint density at radius 1 is 1.15 bits per heavy atom. The number of likely N-dealkylation sites (tertiary alicyclic amines) is 2. The molecule has 0 aliphatic carbocycles. The van der Waals surface area contributed by atoms with E-state index in [1.54, 1.807) is 0 Å². The molecule has 7 nitrogen and oxygen atoms in total. The summed E-state index contributed by atoms with van der Waals surface area (Å²) >= 11 is 0. The summed E-state index contributed by atoms with van der Waals surface area (Å²) in [6, 6.07) is 2.09. The number of nitrogens with zero attached hydrogens (tertiary/aromatic N) is 5. The van der Waals surface area contributed by atoms with Gasteiger partial charge in [-0.2, -0.15) is 0 Å². The second-order valence-corrected chi connectivity index (χ2v) is 7.31. The maximum atomic E-state index is 12.8. The first kappa shape index (κ1) is 17.0. The first-order valence-corrected chi connectivity index (χ1v) is 9.43. The molecule has 4 rings (SSSR count). The molecule has 4 heterocycles. The summed E-state index contributed by atoms with van der Waals surface area (Å²) in [6.07, 6.45) is 6.05. The van der Waals surface area contributed by atoms with Gasteiger partial charge in [0.25, 0.3) is 0 Å². The van der Waals surface area contributed by atoms with Crippen molar-refractivity contribution in [3.8, 4) is 11.3 Å². The molecule has 7 heteroatoms. The first-order chi connectivity index (χ1) is 12.6. The standard InChI is InChI=1S/C19H25N5O2/c1-13-10-17(26-22-13)16-11-20-14(2)21-18(16)15-6-5-9-24(12-15)19(25)23-7-3-4-8-23/h10-11,15H,3-9,12H2,1-2H3/t15-/m1/s1. The highest BCUT2D eigenvalue weighted by molar-refractivity contribution is 5.75. The van der Waals surface area contributed by atoms with Crippen molar-refractivity contribution in [2.75, 3.05) is 26.2 Å². The molecule has 2 aromatic rings. The van der Waals surface area contributed by atoms with Gasteiger partial charge in [-0.3, -0.25) is 0 Å². The summed E-state index contributed by atoms with van der Waals surface area (Å²) in [5.41, 5.74) is 2.69. The molecule has 0 unspecified atom stereocenters. The molecular formula is C19H25N5O2. The molecule has 2 aliphatic heterocycles. The van der Waals surface area contributed by atoms with Gasteiger partial charge in [0.1, 0.15) is 5.82 Å². The third-order valence-electron chi connectivity index (χ3n) is 5.29. The largest absolute Gasteiger partial charge is 0.356 e. The Kier molecular flexibility index (Phi) is 4.61. The highest BCUT2D eigenvalue weighted by Crippen LogP contribution is 2.33. The minimum Gasteiger partial charge on any atom is -0.356 e. The van der Waals surface area contributed by atoms with Gasteiger partial charge in [-0.15, -0.1) is 0 Å². The van der Waals surface area contributed by atoms with Crippen LogP contribution < -0.4 is 0 Å². The van der Waals surface area contributed by atoms with E-state index in [1.807, 2.05) is 35.9 Å². The Morgan fingerprint density at radius 3 is 2.65 bits per heavy atom. The Hall–Kier alpha value is -2.44. The average molecular weight is 355 g/mol. The van der Waals surface area contributed by atoms with Crippen LogP contribution in [-0.2, 0) is 0 Å². The lowest BCUT2D eigenvalue weighted by molar-refractivity contribution is 0.146. The SMILES string of the molecule is Cc1cc(-c2cnc(C)nc2[C@@H]2CCCN(C(=O)N3CCCC3)C2)on1. The van der Waals surface area contributed by atoms with Crippen LogP contribution in [0.1, 0.15) is 48.8 Å². The monoisotopic (exact) mass is 355 g/mol. The van der Waals surface area contributed by atoms with Crippen LogP contribution in [0.25, 0.3) is 11.3 Å². The van der Waals surface area contributed by atoms with Crippen LogP contribution in [0.4, 0.5) is 4.79 Å². The highest BCUT2D eigenvalue weighted by atomic mass is 16.5. The van der Waals surface area contributed by atoms with Gasteiger partial charge < -0.3 is 14.3 Å². The van der Waals surface area contributed by atoms with Gasteiger partial charge in [0.2, 0.25) is 0 Å². The normalized spacial score (nSPS) is 20.6. The van der Waals surface area contributed by atoms with E-state index in [1.165, 1.54) is 0 Å². The summed E-state index contributed by atoms with van der Waals surface area (Å²) < 4.78 is 5.46. The Labute approximate surface area is 153 Å². The van der Waals surface area contributed by atoms with Crippen molar-refractivity contribution in [3.63, 3.8) is 0 Å². The number of amides is 2. The van der Waals surface area contributed by atoms with E-state index in [0.29, 0.717) is 12.3 Å². The van der Waals surface area contributed by atoms with Crippen LogP contribution in [0.3, 0.4) is 0 Å². The van der Waals surface area contributed by atoms with E-state index in [2.05, 4.69) is 10.1 Å². The molecule has 2 saturated heterocycles. The van der Waals surface area contributed by atoms with E-state index in [4.69, 9.17) is 9.51 Å². The van der Waals surface area contributed by atoms with Gasteiger partial charge in [-0.25, -0.2) is 14.8 Å². The molecule has 0 aromatic carbocycles. The van der Waals surface area contributed by atoms with Crippen molar-refractivity contribution in [1.29, 1.82) is 0 Å². The summed E-state index contributed by atoms with van der Waals surface area (Å²) in [5.74, 6) is 1.63. The lowest BCUT2D eigenvalue weighted by atomic mass is 9.91. The molecule has 0 saturated carbocycles.